The number of fused-ring (bicyclic) bond motifs is 1. The van der Waals surface area contributed by atoms with Gasteiger partial charge < -0.3 is 9.80 Å². The van der Waals surface area contributed by atoms with Gasteiger partial charge in [-0.15, -0.1) is 0 Å². The molecule has 8 heteroatoms. The van der Waals surface area contributed by atoms with Crippen LogP contribution in [0.25, 0.3) is 5.82 Å². The lowest BCUT2D eigenvalue weighted by atomic mass is 10.1. The lowest BCUT2D eigenvalue weighted by molar-refractivity contribution is 0.0673. The van der Waals surface area contributed by atoms with Crippen molar-refractivity contribution in [2.75, 3.05) is 6.54 Å². The molecule has 2 atom stereocenters. The van der Waals surface area contributed by atoms with Crippen LogP contribution in [-0.4, -0.2) is 49.1 Å². The van der Waals surface area contributed by atoms with Crippen LogP contribution in [0.2, 0.25) is 0 Å². The van der Waals surface area contributed by atoms with Crippen molar-refractivity contribution in [2.24, 2.45) is 0 Å². The van der Waals surface area contributed by atoms with Gasteiger partial charge >= 0.3 is 0 Å². The Bertz CT molecular complexity index is 935. The number of likely N-dealkylation sites (tertiary alicyclic amines) is 1. The lowest BCUT2D eigenvalue weighted by Gasteiger charge is -2.28. The molecule has 2 aliphatic heterocycles. The molecule has 0 aromatic carbocycles. The second-order valence-corrected chi connectivity index (χ2v) is 6.29. The number of nitrogens with zero attached hydrogens (tertiary/aromatic N) is 7. The molecule has 0 aliphatic carbocycles. The highest BCUT2D eigenvalue weighted by molar-refractivity contribution is 5.97. The molecule has 0 N–H and O–H groups in total. The summed E-state index contributed by atoms with van der Waals surface area (Å²) in [6.07, 6.45) is 6.00. The first-order chi connectivity index (χ1) is 12.1. The number of carbonyl (C=O) groups is 1. The minimum Gasteiger partial charge on any atom is -0.328 e. The monoisotopic (exact) mass is 333 g/mol. The van der Waals surface area contributed by atoms with Crippen molar-refractivity contribution in [3.8, 4) is 18.1 Å². The molecular weight excluding hydrogens is 318 g/mol. The number of pyridine rings is 1. The predicted octanol–water partition coefficient (Wildman–Crippen LogP) is 1.04. The summed E-state index contributed by atoms with van der Waals surface area (Å²) in [4.78, 5) is 20.8. The van der Waals surface area contributed by atoms with Gasteiger partial charge in [-0.05, 0) is 19.4 Å². The van der Waals surface area contributed by atoms with E-state index in [0.29, 0.717) is 30.2 Å². The van der Waals surface area contributed by atoms with Crippen molar-refractivity contribution in [1.29, 1.82) is 10.5 Å². The third-order valence-corrected chi connectivity index (χ3v) is 4.96. The van der Waals surface area contributed by atoms with Gasteiger partial charge in [-0.1, -0.05) is 6.07 Å². The van der Waals surface area contributed by atoms with Crippen molar-refractivity contribution >= 4 is 5.91 Å². The van der Waals surface area contributed by atoms with Gasteiger partial charge in [-0.25, -0.2) is 9.67 Å². The molecule has 2 aromatic heterocycles. The van der Waals surface area contributed by atoms with Crippen LogP contribution in [0, 0.1) is 22.8 Å². The molecule has 8 nitrogen and oxygen atoms in total. The Labute approximate surface area is 144 Å². The molecule has 0 radical (unpaired) electrons. The number of rotatable bonds is 2. The third kappa shape index (κ3) is 2.31. The number of aromatic nitrogens is 3. The molecule has 2 aromatic rings. The van der Waals surface area contributed by atoms with E-state index in [4.69, 9.17) is 10.5 Å². The average molecular weight is 333 g/mol. The van der Waals surface area contributed by atoms with Gasteiger partial charge in [0.1, 0.15) is 11.8 Å². The minimum absolute atomic E-state index is 0.00651. The van der Waals surface area contributed by atoms with E-state index in [-0.39, 0.29) is 18.0 Å². The van der Waals surface area contributed by atoms with E-state index >= 15 is 0 Å². The topological polar surface area (TPSA) is 102 Å². The largest absolute Gasteiger partial charge is 0.328 e. The van der Waals surface area contributed by atoms with E-state index in [1.165, 1.54) is 10.9 Å². The highest BCUT2D eigenvalue weighted by atomic mass is 16.2. The van der Waals surface area contributed by atoms with Crippen LogP contribution in [-0.2, 0) is 6.54 Å². The molecule has 0 saturated carbocycles. The van der Waals surface area contributed by atoms with Gasteiger partial charge in [0, 0.05) is 18.7 Å². The zero-order chi connectivity index (χ0) is 17.6. The molecule has 2 aliphatic rings. The van der Waals surface area contributed by atoms with Crippen LogP contribution in [0.1, 0.15) is 35.0 Å². The van der Waals surface area contributed by atoms with Gasteiger partial charge in [-0.2, -0.15) is 15.6 Å². The SMILES string of the molecule is C[C@@H]1[C@H](N2Cc3ccc(-n4cc(C#N)cn4)nc3C2=O)CCN1C#N. The fourth-order valence-electron chi connectivity index (χ4n) is 3.56. The quantitative estimate of drug-likeness (QED) is 0.761. The van der Waals surface area contributed by atoms with Crippen LogP contribution in [0.5, 0.6) is 0 Å². The van der Waals surface area contributed by atoms with E-state index in [2.05, 4.69) is 16.3 Å². The van der Waals surface area contributed by atoms with E-state index in [1.54, 1.807) is 17.2 Å². The molecule has 4 rings (SSSR count). The lowest BCUT2D eigenvalue weighted by Crippen LogP contribution is -2.42. The first kappa shape index (κ1) is 15.2. The summed E-state index contributed by atoms with van der Waals surface area (Å²) in [5, 5.41) is 22.2. The second kappa shape index (κ2) is 5.60. The van der Waals surface area contributed by atoms with Crippen molar-refractivity contribution in [3.63, 3.8) is 0 Å². The zero-order valence-electron chi connectivity index (χ0n) is 13.6. The summed E-state index contributed by atoms with van der Waals surface area (Å²) < 4.78 is 1.49. The Kier molecular flexibility index (Phi) is 3.40. The van der Waals surface area contributed by atoms with Crippen LogP contribution < -0.4 is 0 Å². The Morgan fingerprint density at radius 2 is 2.16 bits per heavy atom. The van der Waals surface area contributed by atoms with Gasteiger partial charge in [0.05, 0.1) is 30.0 Å². The summed E-state index contributed by atoms with van der Waals surface area (Å²) in [5.74, 6) is 0.398. The number of amides is 1. The molecule has 1 amide bonds. The maximum atomic E-state index is 12.8. The standard InChI is InChI=1S/C17H15N7O/c1-11-14(4-5-22(11)10-19)23-9-13-2-3-15(21-16(13)17(23)25)24-8-12(6-18)7-20-24/h2-3,7-8,11,14H,4-5,9H2,1H3/t11-,14-/m1/s1. The second-order valence-electron chi connectivity index (χ2n) is 6.29. The molecule has 25 heavy (non-hydrogen) atoms. The zero-order valence-corrected chi connectivity index (χ0v) is 13.6. The summed E-state index contributed by atoms with van der Waals surface area (Å²) in [7, 11) is 0. The number of nitriles is 2. The number of carbonyl (C=O) groups excluding carboxylic acids is 1. The summed E-state index contributed by atoms with van der Waals surface area (Å²) >= 11 is 0. The van der Waals surface area contributed by atoms with E-state index in [9.17, 15) is 4.79 Å². The van der Waals surface area contributed by atoms with Crippen molar-refractivity contribution < 1.29 is 4.79 Å². The van der Waals surface area contributed by atoms with Crippen molar-refractivity contribution in [1.82, 2.24) is 24.6 Å². The molecule has 0 spiro atoms. The maximum absolute atomic E-state index is 12.8. The Morgan fingerprint density at radius 1 is 1.32 bits per heavy atom. The maximum Gasteiger partial charge on any atom is 0.273 e. The Balaban J connectivity index is 1.62. The Hall–Kier alpha value is -3.39. The van der Waals surface area contributed by atoms with Crippen LogP contribution >= 0.6 is 0 Å². The van der Waals surface area contributed by atoms with Crippen LogP contribution in [0.4, 0.5) is 0 Å². The van der Waals surface area contributed by atoms with Crippen LogP contribution in [0.15, 0.2) is 24.5 Å². The summed E-state index contributed by atoms with van der Waals surface area (Å²) in [6, 6.07) is 5.71. The van der Waals surface area contributed by atoms with Gasteiger partial charge in [0.15, 0.2) is 12.0 Å². The molecule has 4 heterocycles. The van der Waals surface area contributed by atoms with Gasteiger partial charge in [0.2, 0.25) is 0 Å². The molecule has 0 unspecified atom stereocenters. The first-order valence-electron chi connectivity index (χ1n) is 8.05. The molecule has 1 saturated heterocycles. The predicted molar refractivity (Wildman–Crippen MR) is 86.1 cm³/mol. The van der Waals surface area contributed by atoms with E-state index in [1.807, 2.05) is 24.0 Å². The van der Waals surface area contributed by atoms with Crippen molar-refractivity contribution in [2.45, 2.75) is 32.0 Å². The van der Waals surface area contributed by atoms with Crippen molar-refractivity contribution in [3.05, 3.63) is 41.3 Å². The molecule has 1 fully saturated rings. The van der Waals surface area contributed by atoms with E-state index in [0.717, 1.165) is 12.0 Å². The number of hydrogen-bond acceptors (Lipinski definition) is 6. The fourth-order valence-corrected chi connectivity index (χ4v) is 3.56. The summed E-state index contributed by atoms with van der Waals surface area (Å²) in [5.41, 5.74) is 1.74. The smallest absolute Gasteiger partial charge is 0.273 e. The van der Waals surface area contributed by atoms with Gasteiger partial charge in [-0.3, -0.25) is 4.79 Å². The number of hydrogen-bond donors (Lipinski definition) is 0. The highest BCUT2D eigenvalue weighted by Gasteiger charge is 2.41. The van der Waals surface area contributed by atoms with Gasteiger partial charge in [0.25, 0.3) is 5.91 Å². The molecular formula is C17H15N7O. The minimum atomic E-state index is -0.110. The highest BCUT2D eigenvalue weighted by Crippen LogP contribution is 2.30. The summed E-state index contributed by atoms with van der Waals surface area (Å²) in [6.45, 7) is 3.16. The average Bonchev–Trinajstić information content (AvgIpc) is 3.32. The molecule has 0 bridgehead atoms. The molecule has 124 valence electrons. The van der Waals surface area contributed by atoms with E-state index < -0.39 is 0 Å². The first-order valence-corrected chi connectivity index (χ1v) is 8.05. The normalized spacial score (nSPS) is 22.0. The Morgan fingerprint density at radius 3 is 2.84 bits per heavy atom. The third-order valence-electron chi connectivity index (χ3n) is 4.96. The fraction of sp³-hybridized carbons (Fsp3) is 0.353. The van der Waals surface area contributed by atoms with Crippen LogP contribution in [0.3, 0.4) is 0 Å².